The van der Waals surface area contributed by atoms with Gasteiger partial charge in [0.15, 0.2) is 0 Å². The van der Waals surface area contributed by atoms with E-state index in [4.69, 9.17) is 4.74 Å². The highest BCUT2D eigenvalue weighted by Gasteiger charge is 2.45. The number of benzene rings is 3. The topological polar surface area (TPSA) is 66.8 Å². The zero-order valence-corrected chi connectivity index (χ0v) is 17.5. The Morgan fingerprint density at radius 2 is 1.72 bits per heavy atom. The maximum absolute atomic E-state index is 14.0. The van der Waals surface area contributed by atoms with Gasteiger partial charge in [-0.3, -0.25) is 9.59 Å². The summed E-state index contributed by atoms with van der Waals surface area (Å²) in [5.74, 6) is -1.71. The molecule has 1 aliphatic heterocycles. The second kappa shape index (κ2) is 9.06. The first-order chi connectivity index (χ1) is 15.5. The molecule has 1 heterocycles. The minimum atomic E-state index is -0.892. The molecule has 3 aromatic rings. The van der Waals surface area contributed by atoms with Crippen molar-refractivity contribution in [3.63, 3.8) is 0 Å². The van der Waals surface area contributed by atoms with E-state index in [1.54, 1.807) is 30.3 Å². The third-order valence-electron chi connectivity index (χ3n) is 5.55. The third-order valence-corrected chi connectivity index (χ3v) is 5.55. The van der Waals surface area contributed by atoms with Gasteiger partial charge in [-0.2, -0.15) is 0 Å². The Hall–Kier alpha value is -3.93. The lowest BCUT2D eigenvalue weighted by Crippen LogP contribution is -2.31. The lowest BCUT2D eigenvalue weighted by Gasteiger charge is -2.25. The quantitative estimate of drug-likeness (QED) is 0.355. The first kappa shape index (κ1) is 21.3. The second-order valence-electron chi connectivity index (χ2n) is 7.51. The average molecular weight is 431 g/mol. The lowest BCUT2D eigenvalue weighted by atomic mass is 9.95. The van der Waals surface area contributed by atoms with Crippen molar-refractivity contribution in [2.45, 2.75) is 12.5 Å². The van der Waals surface area contributed by atoms with Gasteiger partial charge in [0.25, 0.3) is 11.7 Å². The number of nitrogens with zero attached hydrogens (tertiary/aromatic N) is 1. The molecule has 32 heavy (non-hydrogen) atoms. The lowest BCUT2D eigenvalue weighted by molar-refractivity contribution is -0.139. The average Bonchev–Trinajstić information content (AvgIpc) is 3.08. The van der Waals surface area contributed by atoms with Crippen LogP contribution in [0, 0.1) is 5.82 Å². The molecule has 0 aromatic heterocycles. The molecule has 0 bridgehead atoms. The van der Waals surface area contributed by atoms with Gasteiger partial charge in [-0.25, -0.2) is 4.39 Å². The highest BCUT2D eigenvalue weighted by Crippen LogP contribution is 2.39. The number of carbonyl (C=O) groups is 2. The molecule has 0 unspecified atom stereocenters. The molecule has 1 aliphatic rings. The third kappa shape index (κ3) is 4.12. The van der Waals surface area contributed by atoms with E-state index in [1.807, 2.05) is 30.3 Å². The van der Waals surface area contributed by atoms with E-state index in [1.165, 1.54) is 30.2 Å². The van der Waals surface area contributed by atoms with Crippen molar-refractivity contribution in [2.75, 3.05) is 13.7 Å². The van der Waals surface area contributed by atoms with Crippen molar-refractivity contribution in [3.8, 4) is 5.75 Å². The summed E-state index contributed by atoms with van der Waals surface area (Å²) >= 11 is 0. The molecule has 3 aromatic carbocycles. The highest BCUT2D eigenvalue weighted by atomic mass is 19.1. The number of halogens is 1. The fourth-order valence-electron chi connectivity index (χ4n) is 3.93. The number of hydrogen-bond acceptors (Lipinski definition) is 4. The fourth-order valence-corrected chi connectivity index (χ4v) is 3.93. The Kier molecular flexibility index (Phi) is 6.03. The molecule has 162 valence electrons. The Morgan fingerprint density at radius 3 is 2.38 bits per heavy atom. The Balaban J connectivity index is 1.78. The van der Waals surface area contributed by atoms with E-state index < -0.39 is 23.5 Å². The van der Waals surface area contributed by atoms with Crippen LogP contribution in [0.5, 0.6) is 5.75 Å². The number of rotatable bonds is 6. The number of amides is 1. The molecule has 1 N–H and O–H groups in total. The number of aliphatic hydroxyl groups is 1. The number of Topliss-reactive ketones (excluding diaryl/α,β-unsaturated/α-hetero) is 1. The Morgan fingerprint density at radius 1 is 1.00 bits per heavy atom. The summed E-state index contributed by atoms with van der Waals surface area (Å²) in [5, 5.41) is 11.0. The largest absolute Gasteiger partial charge is 0.507 e. The van der Waals surface area contributed by atoms with Gasteiger partial charge in [0, 0.05) is 12.1 Å². The molecule has 0 aliphatic carbocycles. The predicted octanol–water partition coefficient (Wildman–Crippen LogP) is 4.50. The van der Waals surface area contributed by atoms with E-state index in [0.717, 1.165) is 5.56 Å². The summed E-state index contributed by atoms with van der Waals surface area (Å²) in [5.41, 5.74) is 1.74. The van der Waals surface area contributed by atoms with Crippen LogP contribution in [-0.4, -0.2) is 35.4 Å². The van der Waals surface area contributed by atoms with Crippen molar-refractivity contribution < 1.29 is 23.8 Å². The van der Waals surface area contributed by atoms with Crippen LogP contribution < -0.4 is 4.74 Å². The maximum atomic E-state index is 14.0. The number of ketones is 1. The van der Waals surface area contributed by atoms with E-state index in [0.29, 0.717) is 23.3 Å². The number of carbonyl (C=O) groups excluding carboxylic acids is 2. The van der Waals surface area contributed by atoms with Crippen LogP contribution in [0.25, 0.3) is 5.76 Å². The molecular weight excluding hydrogens is 409 g/mol. The molecule has 6 heteroatoms. The summed E-state index contributed by atoms with van der Waals surface area (Å²) in [6, 6.07) is 20.9. The van der Waals surface area contributed by atoms with Crippen molar-refractivity contribution in [3.05, 3.63) is 107 Å². The van der Waals surface area contributed by atoms with Gasteiger partial charge < -0.3 is 14.7 Å². The number of hydrogen-bond donors (Lipinski definition) is 1. The van der Waals surface area contributed by atoms with Crippen molar-refractivity contribution in [1.82, 2.24) is 4.90 Å². The van der Waals surface area contributed by atoms with Gasteiger partial charge in [0.1, 0.15) is 17.3 Å². The smallest absolute Gasteiger partial charge is 0.295 e. The standard InChI is InChI=1S/C26H22FNO4/c1-32-21-12-10-18(11-13-21)24(29)22-23(19-8-5-9-20(27)16-19)28(26(31)25(22)30)15-14-17-6-3-2-4-7-17/h2-13,16,23,29H,14-15H2,1H3/t23-/m0/s1. The van der Waals surface area contributed by atoms with Crippen LogP contribution in [-0.2, 0) is 16.0 Å². The minimum absolute atomic E-state index is 0.0566. The molecule has 1 atom stereocenters. The van der Waals surface area contributed by atoms with Crippen molar-refractivity contribution >= 4 is 17.4 Å². The van der Waals surface area contributed by atoms with E-state index >= 15 is 0 Å². The monoisotopic (exact) mass is 431 g/mol. The van der Waals surface area contributed by atoms with Crippen LogP contribution in [0.1, 0.15) is 22.7 Å². The summed E-state index contributed by atoms with van der Waals surface area (Å²) in [6.07, 6.45) is 0.516. The van der Waals surface area contributed by atoms with Gasteiger partial charge in [-0.05, 0) is 53.9 Å². The number of aliphatic hydroxyl groups excluding tert-OH is 1. The molecule has 0 saturated carbocycles. The van der Waals surface area contributed by atoms with E-state index in [-0.39, 0.29) is 17.9 Å². The number of methoxy groups -OCH3 is 1. The van der Waals surface area contributed by atoms with Crippen LogP contribution in [0.4, 0.5) is 4.39 Å². The molecule has 4 rings (SSSR count). The zero-order chi connectivity index (χ0) is 22.7. The summed E-state index contributed by atoms with van der Waals surface area (Å²) < 4.78 is 19.2. The number of likely N-dealkylation sites (tertiary alicyclic amines) is 1. The molecule has 5 nitrogen and oxygen atoms in total. The SMILES string of the molecule is COc1ccc(C(O)=C2C(=O)C(=O)N(CCc3ccccc3)[C@H]2c2cccc(F)c2)cc1. The van der Waals surface area contributed by atoms with Crippen LogP contribution >= 0.6 is 0 Å². The minimum Gasteiger partial charge on any atom is -0.507 e. The van der Waals surface area contributed by atoms with Crippen molar-refractivity contribution in [2.24, 2.45) is 0 Å². The van der Waals surface area contributed by atoms with Crippen molar-refractivity contribution in [1.29, 1.82) is 0 Å². The van der Waals surface area contributed by atoms with Gasteiger partial charge in [-0.1, -0.05) is 42.5 Å². The van der Waals surface area contributed by atoms with Crippen LogP contribution in [0.15, 0.2) is 84.4 Å². The van der Waals surface area contributed by atoms with Crippen LogP contribution in [0.3, 0.4) is 0 Å². The molecule has 0 spiro atoms. The van der Waals surface area contributed by atoms with E-state index in [9.17, 15) is 19.1 Å². The summed E-state index contributed by atoms with van der Waals surface area (Å²) in [6.45, 7) is 0.245. The summed E-state index contributed by atoms with van der Waals surface area (Å²) in [7, 11) is 1.52. The fraction of sp³-hybridized carbons (Fsp3) is 0.154. The van der Waals surface area contributed by atoms with Gasteiger partial charge in [-0.15, -0.1) is 0 Å². The molecular formula is C26H22FNO4. The summed E-state index contributed by atoms with van der Waals surface area (Å²) in [4.78, 5) is 27.4. The van der Waals surface area contributed by atoms with Gasteiger partial charge in [0.05, 0.1) is 18.7 Å². The molecule has 1 saturated heterocycles. The normalized spacial score (nSPS) is 17.6. The second-order valence-corrected chi connectivity index (χ2v) is 7.51. The molecule has 1 fully saturated rings. The Bertz CT molecular complexity index is 1170. The van der Waals surface area contributed by atoms with Crippen LogP contribution in [0.2, 0.25) is 0 Å². The first-order valence-corrected chi connectivity index (χ1v) is 10.2. The molecule has 1 amide bonds. The predicted molar refractivity (Wildman–Crippen MR) is 119 cm³/mol. The maximum Gasteiger partial charge on any atom is 0.295 e. The number of ether oxygens (including phenoxy) is 1. The zero-order valence-electron chi connectivity index (χ0n) is 17.5. The molecule has 0 radical (unpaired) electrons. The highest BCUT2D eigenvalue weighted by molar-refractivity contribution is 6.46. The Labute approximate surface area is 185 Å². The van der Waals surface area contributed by atoms with E-state index in [2.05, 4.69) is 0 Å². The van der Waals surface area contributed by atoms with Gasteiger partial charge in [0.2, 0.25) is 0 Å². The first-order valence-electron chi connectivity index (χ1n) is 10.2. The van der Waals surface area contributed by atoms with Gasteiger partial charge >= 0.3 is 0 Å².